The van der Waals surface area contributed by atoms with E-state index in [9.17, 15) is 19.5 Å². The van der Waals surface area contributed by atoms with Crippen LogP contribution in [0.25, 0.3) is 0 Å². The van der Waals surface area contributed by atoms with Crippen LogP contribution in [0.5, 0.6) is 0 Å². The Kier molecular flexibility index (Phi) is 3.03. The summed E-state index contributed by atoms with van der Waals surface area (Å²) in [7, 11) is 0. The normalized spacial score (nSPS) is 25.7. The van der Waals surface area contributed by atoms with E-state index >= 15 is 0 Å². The molecule has 0 spiro atoms. The highest BCUT2D eigenvalue weighted by Crippen LogP contribution is 2.39. The van der Waals surface area contributed by atoms with E-state index in [4.69, 9.17) is 5.73 Å². The summed E-state index contributed by atoms with van der Waals surface area (Å²) >= 11 is 1.31. The van der Waals surface area contributed by atoms with E-state index in [0.717, 1.165) is 10.5 Å². The molecule has 2 aliphatic rings. The van der Waals surface area contributed by atoms with Crippen molar-refractivity contribution in [3.8, 4) is 0 Å². The first kappa shape index (κ1) is 14.0. The van der Waals surface area contributed by atoms with Crippen LogP contribution in [0.2, 0.25) is 0 Å². The van der Waals surface area contributed by atoms with Gasteiger partial charge in [0.15, 0.2) is 0 Å². The first-order valence-corrected chi connectivity index (χ1v) is 7.41. The van der Waals surface area contributed by atoms with Gasteiger partial charge in [0.2, 0.25) is 5.91 Å². The summed E-state index contributed by atoms with van der Waals surface area (Å²) in [5, 5.41) is 11.5. The zero-order chi connectivity index (χ0) is 15.4. The van der Waals surface area contributed by atoms with Gasteiger partial charge >= 0.3 is 0 Å². The van der Waals surface area contributed by atoms with Gasteiger partial charge in [0.25, 0.3) is 11.8 Å². The third-order valence-electron chi connectivity index (χ3n) is 4.29. The van der Waals surface area contributed by atoms with E-state index in [0.29, 0.717) is 10.6 Å². The van der Waals surface area contributed by atoms with E-state index in [-0.39, 0.29) is 25.3 Å². The Balaban J connectivity index is 1.95. The lowest BCUT2D eigenvalue weighted by molar-refractivity contribution is -0.162. The second-order valence-corrected chi connectivity index (χ2v) is 6.34. The first-order valence-electron chi connectivity index (χ1n) is 6.53. The van der Waals surface area contributed by atoms with Crippen LogP contribution in [0.1, 0.15) is 35.7 Å². The van der Waals surface area contributed by atoms with Crippen LogP contribution in [-0.4, -0.2) is 44.9 Å². The lowest BCUT2D eigenvalue weighted by Crippen LogP contribution is -2.62. The van der Waals surface area contributed by atoms with E-state index in [1.807, 2.05) is 0 Å². The minimum Gasteiger partial charge on any atom is -0.390 e. The van der Waals surface area contributed by atoms with Crippen LogP contribution >= 0.6 is 11.3 Å². The first-order chi connectivity index (χ1) is 9.90. The van der Waals surface area contributed by atoms with E-state index in [2.05, 4.69) is 0 Å². The number of carbonyl (C=O) groups is 3. The molecule has 2 aliphatic heterocycles. The molecular weight excluding hydrogens is 294 g/mol. The number of rotatable bonds is 2. The second kappa shape index (κ2) is 4.54. The van der Waals surface area contributed by atoms with Crippen molar-refractivity contribution in [1.29, 1.82) is 0 Å². The maximum atomic E-state index is 12.5. The molecule has 21 heavy (non-hydrogen) atoms. The van der Waals surface area contributed by atoms with Gasteiger partial charge in [-0.2, -0.15) is 0 Å². The highest BCUT2D eigenvalue weighted by atomic mass is 32.1. The number of carbonyl (C=O) groups excluding carboxylic acids is 3. The summed E-state index contributed by atoms with van der Waals surface area (Å²) < 4.78 is 0. The number of thiophene rings is 1. The maximum Gasteiger partial charge on any atom is 0.256 e. The van der Waals surface area contributed by atoms with Crippen molar-refractivity contribution >= 4 is 34.1 Å². The van der Waals surface area contributed by atoms with E-state index in [1.165, 1.54) is 16.2 Å². The fraction of sp³-hybridized carbons (Fsp3) is 0.462. The molecule has 3 heterocycles. The Morgan fingerprint density at radius 1 is 1.43 bits per heavy atom. The Hall–Kier alpha value is -1.93. The quantitative estimate of drug-likeness (QED) is 0.756. The highest BCUT2D eigenvalue weighted by molar-refractivity contribution is 7.14. The van der Waals surface area contributed by atoms with Gasteiger partial charge in [0.1, 0.15) is 12.3 Å². The van der Waals surface area contributed by atoms with Gasteiger partial charge in [-0.1, -0.05) is 0 Å². The third-order valence-corrected chi connectivity index (χ3v) is 5.14. The van der Waals surface area contributed by atoms with Crippen LogP contribution < -0.4 is 5.73 Å². The minimum atomic E-state index is -1.13. The number of hydrogen-bond donors (Lipinski definition) is 2. The van der Waals surface area contributed by atoms with Crippen LogP contribution in [0.15, 0.2) is 5.38 Å². The molecule has 1 saturated heterocycles. The number of hydrogen-bond acceptors (Lipinski definition) is 6. The second-order valence-electron chi connectivity index (χ2n) is 5.43. The van der Waals surface area contributed by atoms with Gasteiger partial charge in [-0.15, -0.1) is 11.3 Å². The molecule has 7 nitrogen and oxygen atoms in total. The predicted octanol–water partition coefficient (Wildman–Crippen LogP) is 0.144. The number of aliphatic hydroxyl groups is 1. The van der Waals surface area contributed by atoms with Crippen molar-refractivity contribution in [2.45, 2.75) is 31.8 Å². The lowest BCUT2D eigenvalue weighted by Gasteiger charge is -2.43. The van der Waals surface area contributed by atoms with Crippen molar-refractivity contribution in [2.24, 2.45) is 0 Å². The average molecular weight is 309 g/mol. The summed E-state index contributed by atoms with van der Waals surface area (Å²) in [6.07, 6.45) is 0.370. The van der Waals surface area contributed by atoms with Crippen molar-refractivity contribution in [3.63, 3.8) is 0 Å². The fourth-order valence-electron chi connectivity index (χ4n) is 2.90. The predicted molar refractivity (Wildman–Crippen MR) is 75.2 cm³/mol. The molecule has 3 amide bonds. The van der Waals surface area contributed by atoms with Gasteiger partial charge in [0.05, 0.1) is 17.1 Å². The molecule has 112 valence electrons. The Labute approximate surface area is 124 Å². The molecule has 8 heteroatoms. The Morgan fingerprint density at radius 3 is 2.76 bits per heavy atom. The van der Waals surface area contributed by atoms with Gasteiger partial charge in [-0.25, -0.2) is 0 Å². The summed E-state index contributed by atoms with van der Waals surface area (Å²) in [5.74, 6) is -1.21. The Bertz CT molecular complexity index is 656. The number of amides is 3. The number of imide groups is 1. The number of nitrogens with two attached hydrogens (primary N) is 1. The molecule has 0 bridgehead atoms. The maximum absolute atomic E-state index is 12.5. The summed E-state index contributed by atoms with van der Waals surface area (Å²) in [4.78, 5) is 38.9. The van der Waals surface area contributed by atoms with Gasteiger partial charge in [0, 0.05) is 17.4 Å². The topological polar surface area (TPSA) is 104 Å². The number of nitrogens with zero attached hydrogens (tertiary/aromatic N) is 2. The van der Waals surface area contributed by atoms with Crippen LogP contribution in [-0.2, 0) is 16.1 Å². The van der Waals surface area contributed by atoms with Crippen LogP contribution in [0.4, 0.5) is 5.00 Å². The lowest BCUT2D eigenvalue weighted by atomic mass is 9.88. The number of anilines is 1. The highest BCUT2D eigenvalue weighted by Gasteiger charge is 2.51. The van der Waals surface area contributed by atoms with Crippen molar-refractivity contribution in [2.75, 3.05) is 12.5 Å². The summed E-state index contributed by atoms with van der Waals surface area (Å²) in [6, 6.07) is 0. The molecular formula is C13H15N3O4S. The van der Waals surface area contributed by atoms with Gasteiger partial charge in [-0.3, -0.25) is 19.3 Å². The summed E-state index contributed by atoms with van der Waals surface area (Å²) in [6.45, 7) is 1.23. The van der Waals surface area contributed by atoms with Crippen molar-refractivity contribution in [1.82, 2.24) is 9.80 Å². The van der Waals surface area contributed by atoms with Crippen molar-refractivity contribution < 1.29 is 19.5 Å². The van der Waals surface area contributed by atoms with Crippen LogP contribution in [0.3, 0.4) is 0 Å². The average Bonchev–Trinajstić information content (AvgIpc) is 2.97. The van der Waals surface area contributed by atoms with E-state index < -0.39 is 24.1 Å². The monoisotopic (exact) mass is 309 g/mol. The smallest absolute Gasteiger partial charge is 0.256 e. The summed E-state index contributed by atoms with van der Waals surface area (Å²) in [5.41, 5.74) is 5.99. The fourth-order valence-corrected chi connectivity index (χ4v) is 3.71. The van der Waals surface area contributed by atoms with Crippen LogP contribution in [0, 0.1) is 0 Å². The van der Waals surface area contributed by atoms with E-state index in [1.54, 1.807) is 12.3 Å². The molecule has 3 N–H and O–H groups in total. The molecule has 0 radical (unpaired) electrons. The SMILES string of the molecule is CC1(N2Cc3c(csc3N)C2=O)CCC(=O)N(CO)C1=O. The van der Waals surface area contributed by atoms with Crippen molar-refractivity contribution in [3.05, 3.63) is 16.5 Å². The third kappa shape index (κ3) is 1.79. The number of nitrogen functional groups attached to an aromatic ring is 1. The number of fused-ring (bicyclic) bond motifs is 1. The molecule has 3 rings (SSSR count). The zero-order valence-corrected chi connectivity index (χ0v) is 12.3. The molecule has 1 aromatic heterocycles. The number of aliphatic hydroxyl groups excluding tert-OH is 1. The minimum absolute atomic E-state index is 0.120. The largest absolute Gasteiger partial charge is 0.390 e. The molecule has 0 aliphatic carbocycles. The molecule has 1 fully saturated rings. The molecule has 0 aromatic carbocycles. The molecule has 1 aromatic rings. The number of likely N-dealkylation sites (tertiary alicyclic amines) is 1. The zero-order valence-electron chi connectivity index (χ0n) is 11.5. The van der Waals surface area contributed by atoms with Gasteiger partial charge < -0.3 is 15.7 Å². The molecule has 1 unspecified atom stereocenters. The van der Waals surface area contributed by atoms with Gasteiger partial charge in [-0.05, 0) is 13.3 Å². The Morgan fingerprint density at radius 2 is 2.14 bits per heavy atom. The standard InChI is InChI=1S/C13H15N3O4S/c1-13(3-2-9(18)15(6-17)12(13)20)16-4-7-8(11(16)19)5-21-10(7)14/h5,17H,2-4,6,14H2,1H3. The molecule has 0 saturated carbocycles. The number of piperidine rings is 1. The molecule has 1 atom stereocenters.